The summed E-state index contributed by atoms with van der Waals surface area (Å²) < 4.78 is 14.3. The molecule has 1 aliphatic heterocycles. The number of para-hydroxylation sites is 1. The fourth-order valence-corrected chi connectivity index (χ4v) is 3.26. The van der Waals surface area contributed by atoms with Gasteiger partial charge < -0.3 is 10.6 Å². The van der Waals surface area contributed by atoms with Crippen molar-refractivity contribution >= 4 is 34.5 Å². The number of amides is 2. The Labute approximate surface area is 173 Å². The Hall–Kier alpha value is -3.37. The summed E-state index contributed by atoms with van der Waals surface area (Å²) in [4.78, 5) is 25.1. The van der Waals surface area contributed by atoms with E-state index in [4.69, 9.17) is 0 Å². The number of nitrogens with one attached hydrogen (secondary N) is 3. The van der Waals surface area contributed by atoms with Gasteiger partial charge in [-0.25, -0.2) is 29.2 Å². The fourth-order valence-electron chi connectivity index (χ4n) is 3.26. The molecule has 3 N–H and O–H groups in total. The number of anilines is 3. The molecule has 9 nitrogen and oxygen atoms in total. The third-order valence-corrected chi connectivity index (χ3v) is 4.65. The lowest BCUT2D eigenvalue weighted by atomic mass is 10.3. The lowest BCUT2D eigenvalue weighted by Gasteiger charge is -2.37. The van der Waals surface area contributed by atoms with Crippen molar-refractivity contribution in [2.45, 2.75) is 6.92 Å². The molecule has 4 rings (SSSR count). The summed E-state index contributed by atoms with van der Waals surface area (Å²) in [6.45, 7) is 5.47. The molecule has 0 unspecified atom stereocenters. The molecule has 1 aliphatic rings. The van der Waals surface area contributed by atoms with Crippen molar-refractivity contribution in [3.8, 4) is 0 Å². The monoisotopic (exact) mass is 410 g/mol. The molecular formula is C20H23FN8O. The zero-order chi connectivity index (χ0) is 20.9. The third kappa shape index (κ3) is 4.29. The average Bonchev–Trinajstić information content (AvgIpc) is 2.76. The molecule has 1 fully saturated rings. The molecule has 2 aromatic heterocycles. The Balaban J connectivity index is 1.73. The first-order chi connectivity index (χ1) is 14.7. The minimum Gasteiger partial charge on any atom is -0.338 e. The maximum atomic E-state index is 14.3. The number of hydrogen-bond acceptors (Lipinski definition) is 7. The predicted octanol–water partition coefficient (Wildman–Crippen LogP) is 2.26. The minimum atomic E-state index is -0.646. The van der Waals surface area contributed by atoms with Gasteiger partial charge in [-0.05, 0) is 25.1 Å². The van der Waals surface area contributed by atoms with E-state index in [9.17, 15) is 9.18 Å². The van der Waals surface area contributed by atoms with Crippen LogP contribution in [0.25, 0.3) is 11.0 Å². The summed E-state index contributed by atoms with van der Waals surface area (Å²) in [5.74, 6) is -0.391. The molecule has 156 valence electrons. The SMILES string of the molecule is CCNC(=O)Nc1nc2nc(N(c3ccccc3)N3CCNCC3)ncc2cc1F. The van der Waals surface area contributed by atoms with Crippen LogP contribution in [0.5, 0.6) is 0 Å². The minimum absolute atomic E-state index is 0.175. The molecule has 30 heavy (non-hydrogen) atoms. The van der Waals surface area contributed by atoms with Crippen LogP contribution in [-0.2, 0) is 0 Å². The molecule has 1 saturated heterocycles. The highest BCUT2D eigenvalue weighted by molar-refractivity contribution is 5.90. The van der Waals surface area contributed by atoms with E-state index in [2.05, 4.69) is 35.9 Å². The zero-order valence-electron chi connectivity index (χ0n) is 16.6. The number of benzene rings is 1. The Morgan fingerprint density at radius 2 is 2.00 bits per heavy atom. The van der Waals surface area contributed by atoms with Gasteiger partial charge in [0.05, 0.1) is 5.69 Å². The molecule has 3 heterocycles. The first-order valence-electron chi connectivity index (χ1n) is 9.84. The second-order valence-corrected chi connectivity index (χ2v) is 6.74. The molecule has 3 aromatic rings. The van der Waals surface area contributed by atoms with Gasteiger partial charge in [-0.3, -0.25) is 5.32 Å². The molecule has 2 amide bonds. The predicted molar refractivity (Wildman–Crippen MR) is 113 cm³/mol. The number of nitrogens with zero attached hydrogens (tertiary/aromatic N) is 5. The molecule has 0 atom stereocenters. The fraction of sp³-hybridized carbons (Fsp3) is 0.300. The number of pyridine rings is 1. The number of hydrazine groups is 1. The summed E-state index contributed by atoms with van der Waals surface area (Å²) in [5.41, 5.74) is 1.21. The number of rotatable bonds is 5. The number of urea groups is 1. The number of hydrogen-bond donors (Lipinski definition) is 3. The molecule has 0 aliphatic carbocycles. The topological polar surface area (TPSA) is 98.3 Å². The number of piperazine rings is 1. The van der Waals surface area contributed by atoms with Gasteiger partial charge in [0.2, 0.25) is 5.95 Å². The second kappa shape index (κ2) is 8.97. The van der Waals surface area contributed by atoms with Crippen LogP contribution in [0.2, 0.25) is 0 Å². The summed E-state index contributed by atoms with van der Waals surface area (Å²) in [5, 5.41) is 12.9. The van der Waals surface area contributed by atoms with Gasteiger partial charge in [-0.1, -0.05) is 18.2 Å². The highest BCUT2D eigenvalue weighted by Gasteiger charge is 2.23. The van der Waals surface area contributed by atoms with Crippen LogP contribution >= 0.6 is 0 Å². The standard InChI is InChI=1S/C20H23FN8O/c1-2-23-20(30)27-18-16(21)12-14-13-24-19(26-17(14)25-18)29(15-6-4-3-5-7-15)28-10-8-22-9-11-28/h3-7,12-13,22H,2,8-11H2,1H3,(H2,23,24,25,26,27,30). The van der Waals surface area contributed by atoms with E-state index in [1.807, 2.05) is 35.3 Å². The van der Waals surface area contributed by atoms with Gasteiger partial charge in [-0.15, -0.1) is 0 Å². The van der Waals surface area contributed by atoms with E-state index in [-0.39, 0.29) is 5.82 Å². The Kier molecular flexibility index (Phi) is 5.96. The van der Waals surface area contributed by atoms with E-state index in [0.29, 0.717) is 23.5 Å². The molecule has 0 saturated carbocycles. The van der Waals surface area contributed by atoms with Crippen LogP contribution in [-0.4, -0.2) is 58.7 Å². The van der Waals surface area contributed by atoms with E-state index in [0.717, 1.165) is 31.9 Å². The number of carbonyl (C=O) groups is 1. The van der Waals surface area contributed by atoms with Crippen LogP contribution < -0.4 is 21.0 Å². The summed E-state index contributed by atoms with van der Waals surface area (Å²) in [6.07, 6.45) is 1.54. The van der Waals surface area contributed by atoms with Gasteiger partial charge in [0, 0.05) is 44.3 Å². The first-order valence-corrected chi connectivity index (χ1v) is 9.84. The van der Waals surface area contributed by atoms with E-state index in [1.54, 1.807) is 13.1 Å². The normalized spacial score (nSPS) is 14.5. The zero-order valence-corrected chi connectivity index (χ0v) is 16.6. The summed E-state index contributed by atoms with van der Waals surface area (Å²) >= 11 is 0. The van der Waals surface area contributed by atoms with Crippen molar-refractivity contribution in [1.82, 2.24) is 30.6 Å². The molecule has 10 heteroatoms. The highest BCUT2D eigenvalue weighted by Crippen LogP contribution is 2.26. The molecule has 0 bridgehead atoms. The van der Waals surface area contributed by atoms with E-state index in [1.165, 1.54) is 6.07 Å². The Morgan fingerprint density at radius 3 is 2.73 bits per heavy atom. The van der Waals surface area contributed by atoms with Crippen molar-refractivity contribution in [3.63, 3.8) is 0 Å². The largest absolute Gasteiger partial charge is 0.338 e. The Bertz CT molecular complexity index is 1030. The number of halogens is 1. The van der Waals surface area contributed by atoms with Crippen LogP contribution in [0, 0.1) is 5.82 Å². The summed E-state index contributed by atoms with van der Waals surface area (Å²) in [7, 11) is 0. The summed E-state index contributed by atoms with van der Waals surface area (Å²) in [6, 6.07) is 10.6. The van der Waals surface area contributed by atoms with Gasteiger partial charge in [0.1, 0.15) is 0 Å². The maximum Gasteiger partial charge on any atom is 0.320 e. The lowest BCUT2D eigenvalue weighted by Crippen LogP contribution is -2.51. The van der Waals surface area contributed by atoms with Gasteiger partial charge in [0.25, 0.3) is 0 Å². The van der Waals surface area contributed by atoms with Crippen LogP contribution in [0.15, 0.2) is 42.6 Å². The number of carbonyl (C=O) groups excluding carboxylic acids is 1. The van der Waals surface area contributed by atoms with Gasteiger partial charge in [-0.2, -0.15) is 4.98 Å². The molecule has 1 aromatic carbocycles. The van der Waals surface area contributed by atoms with Crippen LogP contribution in [0.3, 0.4) is 0 Å². The smallest absolute Gasteiger partial charge is 0.320 e. The third-order valence-electron chi connectivity index (χ3n) is 4.65. The van der Waals surface area contributed by atoms with E-state index < -0.39 is 11.8 Å². The van der Waals surface area contributed by atoms with E-state index >= 15 is 0 Å². The lowest BCUT2D eigenvalue weighted by molar-refractivity contribution is 0.240. The Morgan fingerprint density at radius 1 is 1.23 bits per heavy atom. The molecular weight excluding hydrogens is 387 g/mol. The maximum absolute atomic E-state index is 14.3. The molecule has 0 spiro atoms. The van der Waals surface area contributed by atoms with Crippen molar-refractivity contribution in [2.75, 3.05) is 43.0 Å². The average molecular weight is 410 g/mol. The quantitative estimate of drug-likeness (QED) is 0.593. The second-order valence-electron chi connectivity index (χ2n) is 6.74. The van der Waals surface area contributed by atoms with Crippen LogP contribution in [0.4, 0.5) is 26.6 Å². The van der Waals surface area contributed by atoms with Crippen molar-refractivity contribution < 1.29 is 9.18 Å². The van der Waals surface area contributed by atoms with Crippen molar-refractivity contribution in [1.29, 1.82) is 0 Å². The van der Waals surface area contributed by atoms with Gasteiger partial charge in [0.15, 0.2) is 17.3 Å². The number of fused-ring (bicyclic) bond motifs is 1. The van der Waals surface area contributed by atoms with Crippen molar-refractivity contribution in [3.05, 3.63) is 48.4 Å². The van der Waals surface area contributed by atoms with Gasteiger partial charge >= 0.3 is 6.03 Å². The van der Waals surface area contributed by atoms with Crippen LogP contribution in [0.1, 0.15) is 6.92 Å². The highest BCUT2D eigenvalue weighted by atomic mass is 19.1. The number of aromatic nitrogens is 3. The first kappa shape index (κ1) is 19.9. The van der Waals surface area contributed by atoms with Crippen molar-refractivity contribution in [2.24, 2.45) is 0 Å². The molecule has 0 radical (unpaired) electrons.